The molecule has 0 aliphatic carbocycles. The predicted octanol–water partition coefficient (Wildman–Crippen LogP) is 2.75. The van der Waals surface area contributed by atoms with E-state index in [-0.39, 0.29) is 0 Å². The highest BCUT2D eigenvalue weighted by Gasteiger charge is 2.21. The second-order valence-corrected chi connectivity index (χ2v) is 4.64. The monoisotopic (exact) mass is 228 g/mol. The first-order valence-electron chi connectivity index (χ1n) is 5.56. The first-order chi connectivity index (χ1) is 8.00. The highest BCUT2D eigenvalue weighted by atomic mass is 15.3. The van der Waals surface area contributed by atoms with Crippen LogP contribution in [0.5, 0.6) is 0 Å². The Balaban J connectivity index is 2.41. The molecule has 0 aliphatic rings. The lowest BCUT2D eigenvalue weighted by molar-refractivity contribution is 0.555. The van der Waals surface area contributed by atoms with Gasteiger partial charge in [-0.2, -0.15) is 0 Å². The first kappa shape index (κ1) is 11.5. The minimum atomic E-state index is 0.667. The zero-order valence-electron chi connectivity index (χ0n) is 10.2. The highest BCUT2D eigenvalue weighted by Crippen LogP contribution is 2.31. The highest BCUT2D eigenvalue weighted by molar-refractivity contribution is 5.61. The molecule has 0 heterocycles. The van der Waals surface area contributed by atoms with Gasteiger partial charge in [-0.3, -0.25) is 4.48 Å². The van der Waals surface area contributed by atoms with E-state index in [0.29, 0.717) is 4.48 Å². The third-order valence-corrected chi connectivity index (χ3v) is 3.08. The van der Waals surface area contributed by atoms with E-state index in [9.17, 15) is 0 Å². The van der Waals surface area contributed by atoms with Gasteiger partial charge in [0.05, 0.1) is 14.1 Å². The molecule has 0 aliphatic heterocycles. The third-order valence-electron chi connectivity index (χ3n) is 3.08. The van der Waals surface area contributed by atoms with Gasteiger partial charge in [-0.1, -0.05) is 0 Å². The maximum atomic E-state index is 5.71. The van der Waals surface area contributed by atoms with Crippen LogP contribution in [0, 0.1) is 0 Å². The van der Waals surface area contributed by atoms with Crippen molar-refractivity contribution in [3.8, 4) is 0 Å². The summed E-state index contributed by atoms with van der Waals surface area (Å²) in [5, 5.41) is 0. The minimum Gasteiger partial charge on any atom is -0.399 e. The predicted molar refractivity (Wildman–Crippen MR) is 75.0 cm³/mol. The second-order valence-electron chi connectivity index (χ2n) is 4.64. The topological polar surface area (TPSA) is 52.0 Å². The van der Waals surface area contributed by atoms with Crippen molar-refractivity contribution in [2.45, 2.75) is 0 Å². The molecule has 0 aromatic heterocycles. The van der Waals surface area contributed by atoms with Crippen LogP contribution in [0.4, 0.5) is 22.7 Å². The average Bonchev–Trinajstić information content (AvgIpc) is 2.30. The fourth-order valence-corrected chi connectivity index (χ4v) is 1.84. The minimum absolute atomic E-state index is 0.667. The Morgan fingerprint density at radius 3 is 1.24 bits per heavy atom. The van der Waals surface area contributed by atoms with Gasteiger partial charge in [-0.05, 0) is 24.3 Å². The van der Waals surface area contributed by atoms with Crippen molar-refractivity contribution in [2.24, 2.45) is 0 Å². The zero-order valence-corrected chi connectivity index (χ0v) is 10.2. The molecule has 17 heavy (non-hydrogen) atoms. The first-order valence-corrected chi connectivity index (χ1v) is 5.56. The van der Waals surface area contributed by atoms with Crippen LogP contribution in [-0.4, -0.2) is 14.1 Å². The SMILES string of the molecule is C[N+](C)(c1ccc(N)cc1)c1ccc(N)cc1. The number of benzene rings is 2. The molecule has 0 radical (unpaired) electrons. The molecule has 3 nitrogen and oxygen atoms in total. The van der Waals surface area contributed by atoms with Gasteiger partial charge in [-0.25, -0.2) is 0 Å². The summed E-state index contributed by atoms with van der Waals surface area (Å²) in [6.07, 6.45) is 0. The maximum absolute atomic E-state index is 5.71. The van der Waals surface area contributed by atoms with Gasteiger partial charge in [0.2, 0.25) is 0 Å². The van der Waals surface area contributed by atoms with E-state index in [1.165, 1.54) is 11.4 Å². The lowest BCUT2D eigenvalue weighted by atomic mass is 10.2. The Kier molecular flexibility index (Phi) is 2.77. The summed E-state index contributed by atoms with van der Waals surface area (Å²) in [4.78, 5) is 0. The van der Waals surface area contributed by atoms with Crippen molar-refractivity contribution < 1.29 is 0 Å². The molecule has 0 fully saturated rings. The third kappa shape index (κ3) is 2.24. The maximum Gasteiger partial charge on any atom is 0.137 e. The molecule has 3 heteroatoms. The molecule has 0 saturated heterocycles. The van der Waals surface area contributed by atoms with E-state index >= 15 is 0 Å². The van der Waals surface area contributed by atoms with Gasteiger partial charge in [0.1, 0.15) is 11.4 Å². The fraction of sp³-hybridized carbons (Fsp3) is 0.143. The van der Waals surface area contributed by atoms with E-state index in [1.54, 1.807) is 0 Å². The van der Waals surface area contributed by atoms with Crippen LogP contribution in [0.25, 0.3) is 0 Å². The molecule has 0 atom stereocenters. The molecule has 88 valence electrons. The van der Waals surface area contributed by atoms with Crippen LogP contribution in [0.15, 0.2) is 48.5 Å². The van der Waals surface area contributed by atoms with E-state index in [4.69, 9.17) is 11.5 Å². The van der Waals surface area contributed by atoms with Gasteiger partial charge in [0, 0.05) is 35.6 Å². The summed E-state index contributed by atoms with van der Waals surface area (Å²) in [6.45, 7) is 0. The number of nitrogens with two attached hydrogens (primary N) is 2. The molecule has 0 unspecified atom stereocenters. The van der Waals surface area contributed by atoms with Crippen LogP contribution in [0.2, 0.25) is 0 Å². The summed E-state index contributed by atoms with van der Waals surface area (Å²) in [7, 11) is 4.27. The van der Waals surface area contributed by atoms with Crippen molar-refractivity contribution in [1.82, 2.24) is 4.48 Å². The lowest BCUT2D eigenvalue weighted by Crippen LogP contribution is -2.34. The molecular weight excluding hydrogens is 210 g/mol. The van der Waals surface area contributed by atoms with Crippen molar-refractivity contribution in [1.29, 1.82) is 0 Å². The van der Waals surface area contributed by atoms with Gasteiger partial charge >= 0.3 is 0 Å². The normalized spacial score (nSPS) is 11.4. The summed E-state index contributed by atoms with van der Waals surface area (Å²) < 4.78 is 0.667. The van der Waals surface area contributed by atoms with Crippen LogP contribution in [-0.2, 0) is 0 Å². The molecule has 2 aromatic rings. The van der Waals surface area contributed by atoms with E-state index in [1.807, 2.05) is 48.5 Å². The van der Waals surface area contributed by atoms with E-state index < -0.39 is 0 Å². The summed E-state index contributed by atoms with van der Waals surface area (Å²) in [5.74, 6) is 0. The van der Waals surface area contributed by atoms with Crippen molar-refractivity contribution >= 4 is 22.7 Å². The second kappa shape index (κ2) is 4.11. The van der Waals surface area contributed by atoms with Crippen molar-refractivity contribution in [3.63, 3.8) is 0 Å². The Hall–Kier alpha value is -2.00. The van der Waals surface area contributed by atoms with Crippen molar-refractivity contribution in [2.75, 3.05) is 25.6 Å². The Labute approximate surface area is 102 Å². The molecule has 0 spiro atoms. The van der Waals surface area contributed by atoms with Crippen LogP contribution in [0.1, 0.15) is 0 Å². The largest absolute Gasteiger partial charge is 0.399 e. The summed E-state index contributed by atoms with van der Waals surface area (Å²) >= 11 is 0. The van der Waals surface area contributed by atoms with Gasteiger partial charge in [0.25, 0.3) is 0 Å². The number of anilines is 2. The Morgan fingerprint density at radius 2 is 0.941 bits per heavy atom. The molecule has 4 N–H and O–H groups in total. The molecule has 0 saturated carbocycles. The van der Waals surface area contributed by atoms with Crippen LogP contribution < -0.4 is 16.0 Å². The molecule has 0 amide bonds. The molecule has 2 rings (SSSR count). The summed E-state index contributed by atoms with van der Waals surface area (Å²) in [5.41, 5.74) is 15.3. The Morgan fingerprint density at radius 1 is 0.647 bits per heavy atom. The number of quaternary nitrogens is 1. The van der Waals surface area contributed by atoms with Crippen LogP contribution in [0.3, 0.4) is 0 Å². The molecular formula is C14H18N3+. The zero-order chi connectivity index (χ0) is 12.5. The van der Waals surface area contributed by atoms with Crippen molar-refractivity contribution in [3.05, 3.63) is 48.5 Å². The average molecular weight is 228 g/mol. The Bertz CT molecular complexity index is 450. The van der Waals surface area contributed by atoms with E-state index in [2.05, 4.69) is 14.1 Å². The van der Waals surface area contributed by atoms with Crippen LogP contribution >= 0.6 is 0 Å². The van der Waals surface area contributed by atoms with Gasteiger partial charge in [0.15, 0.2) is 0 Å². The smallest absolute Gasteiger partial charge is 0.137 e. The molecule has 2 aromatic carbocycles. The van der Waals surface area contributed by atoms with E-state index in [0.717, 1.165) is 11.4 Å². The quantitative estimate of drug-likeness (QED) is 0.613. The number of hydrogen-bond donors (Lipinski definition) is 2. The number of rotatable bonds is 2. The fourth-order valence-electron chi connectivity index (χ4n) is 1.84. The lowest BCUT2D eigenvalue weighted by Gasteiger charge is -2.28. The number of nitrogen functional groups attached to an aromatic ring is 2. The summed E-state index contributed by atoms with van der Waals surface area (Å²) in [6, 6.07) is 15.9. The standard InChI is InChI=1S/C14H18N3/c1-17(2,13-7-3-11(15)4-8-13)14-9-5-12(16)6-10-14/h3-10H,15-16H2,1-2H3/q+1. The number of nitrogens with zero attached hydrogens (tertiary/aromatic N) is 1. The number of hydrogen-bond acceptors (Lipinski definition) is 2. The molecule has 0 bridgehead atoms. The van der Waals surface area contributed by atoms with Gasteiger partial charge in [-0.15, -0.1) is 0 Å². The van der Waals surface area contributed by atoms with Gasteiger partial charge < -0.3 is 11.5 Å².